The van der Waals surface area contributed by atoms with Crippen LogP contribution < -0.4 is 11.1 Å². The molecule has 0 fully saturated rings. The Morgan fingerprint density at radius 1 is 1.14 bits per heavy atom. The van der Waals surface area contributed by atoms with Crippen molar-refractivity contribution in [1.82, 2.24) is 5.32 Å². The molecule has 0 bridgehead atoms. The van der Waals surface area contributed by atoms with Gasteiger partial charge >= 0.3 is 0 Å². The molecule has 0 aliphatic carbocycles. The first-order valence-electron chi connectivity index (χ1n) is 7.77. The van der Waals surface area contributed by atoms with Gasteiger partial charge < -0.3 is 20.6 Å². The van der Waals surface area contributed by atoms with Crippen LogP contribution >= 0.6 is 0 Å². The molecular weight excluding hydrogens is 268 g/mol. The van der Waals surface area contributed by atoms with E-state index in [1.165, 1.54) is 6.92 Å². The number of rotatable bonds is 11. The van der Waals surface area contributed by atoms with Gasteiger partial charge in [-0.3, -0.25) is 4.79 Å². The average molecular weight is 300 g/mol. The minimum Gasteiger partial charge on any atom is -0.376 e. The quantitative estimate of drug-likeness (QED) is 0.613. The van der Waals surface area contributed by atoms with Crippen LogP contribution in [0.25, 0.3) is 0 Å². The van der Waals surface area contributed by atoms with Crippen molar-refractivity contribution in [3.8, 4) is 0 Å². The largest absolute Gasteiger partial charge is 0.376 e. The number of amides is 1. The zero-order valence-corrected chi connectivity index (χ0v) is 14.3. The number of nitrogens with one attached hydrogen (secondary N) is 1. The molecule has 0 aromatic carbocycles. The van der Waals surface area contributed by atoms with E-state index < -0.39 is 5.54 Å². The molecule has 21 heavy (non-hydrogen) atoms. The molecule has 0 rings (SSSR count). The molecule has 1 amide bonds. The maximum Gasteiger partial charge on any atom is 0.220 e. The van der Waals surface area contributed by atoms with E-state index in [0.717, 1.165) is 12.8 Å². The van der Waals surface area contributed by atoms with E-state index in [-0.39, 0.29) is 30.1 Å². The van der Waals surface area contributed by atoms with Gasteiger partial charge in [0.05, 0.1) is 5.60 Å². The predicted molar refractivity (Wildman–Crippen MR) is 85.1 cm³/mol. The van der Waals surface area contributed by atoms with Crippen molar-refractivity contribution in [1.29, 1.82) is 0 Å². The third kappa shape index (κ3) is 11.4. The lowest BCUT2D eigenvalue weighted by Crippen LogP contribution is -2.48. The molecule has 0 saturated heterocycles. The lowest BCUT2D eigenvalue weighted by atomic mass is 9.99. The van der Waals surface area contributed by atoms with Gasteiger partial charge in [0.15, 0.2) is 0 Å². The summed E-state index contributed by atoms with van der Waals surface area (Å²) in [6.07, 6.45) is 3.27. The smallest absolute Gasteiger partial charge is 0.220 e. The Morgan fingerprint density at radius 3 is 2.29 bits per heavy atom. The maximum absolute atomic E-state index is 11.6. The molecule has 3 N–H and O–H groups in total. The molecule has 0 spiro atoms. The van der Waals surface area contributed by atoms with E-state index in [1.807, 2.05) is 6.92 Å². The maximum atomic E-state index is 11.6. The summed E-state index contributed by atoms with van der Waals surface area (Å²) in [4.78, 5) is 22.4. The molecule has 0 aliphatic heterocycles. The number of carbonyl (C=O) groups is 2. The summed E-state index contributed by atoms with van der Waals surface area (Å²) in [5.41, 5.74) is 5.53. The lowest BCUT2D eigenvalue weighted by molar-refractivity contribution is -0.124. The van der Waals surface area contributed by atoms with E-state index in [2.05, 4.69) is 26.1 Å². The lowest BCUT2D eigenvalue weighted by Gasteiger charge is -2.29. The molecule has 1 unspecified atom stereocenters. The fraction of sp³-hybridized carbons (Fsp3) is 0.875. The van der Waals surface area contributed by atoms with Crippen molar-refractivity contribution >= 4 is 11.7 Å². The van der Waals surface area contributed by atoms with Gasteiger partial charge in [-0.15, -0.1) is 0 Å². The summed E-state index contributed by atoms with van der Waals surface area (Å²) in [6, 6.07) is 0. The van der Waals surface area contributed by atoms with Crippen LogP contribution in [0.2, 0.25) is 0 Å². The Kier molecular flexibility index (Phi) is 8.74. The first-order chi connectivity index (χ1) is 9.58. The molecule has 124 valence electrons. The molecule has 0 radical (unpaired) electrons. The first kappa shape index (κ1) is 20.1. The fourth-order valence-corrected chi connectivity index (χ4v) is 2.00. The Hall–Kier alpha value is -0.940. The van der Waals surface area contributed by atoms with Crippen molar-refractivity contribution < 1.29 is 14.3 Å². The van der Waals surface area contributed by atoms with Crippen LogP contribution in [0, 0.1) is 0 Å². The average Bonchev–Trinajstić information content (AvgIpc) is 2.33. The highest BCUT2D eigenvalue weighted by atomic mass is 16.5. The van der Waals surface area contributed by atoms with E-state index in [0.29, 0.717) is 19.6 Å². The molecule has 0 heterocycles. The second kappa shape index (κ2) is 9.15. The van der Waals surface area contributed by atoms with Gasteiger partial charge in [0, 0.05) is 31.5 Å². The Morgan fingerprint density at radius 2 is 1.76 bits per heavy atom. The van der Waals surface area contributed by atoms with E-state index in [4.69, 9.17) is 10.5 Å². The van der Waals surface area contributed by atoms with Crippen molar-refractivity contribution in [3.05, 3.63) is 0 Å². The predicted octanol–water partition coefficient (Wildman–Crippen LogP) is 2.17. The highest BCUT2D eigenvalue weighted by molar-refractivity contribution is 5.83. The summed E-state index contributed by atoms with van der Waals surface area (Å²) in [5.74, 6) is -0.110. The Balaban J connectivity index is 3.98. The van der Waals surface area contributed by atoms with Crippen LogP contribution in [0.1, 0.15) is 66.7 Å². The van der Waals surface area contributed by atoms with Crippen molar-refractivity contribution in [3.63, 3.8) is 0 Å². The minimum absolute atomic E-state index is 0.0206. The molecule has 0 saturated carbocycles. The Labute approximate surface area is 129 Å². The SMILES string of the molecule is CCCC(C)(C)OCCC(C)(N)CNC(=O)CCC(C)=O. The topological polar surface area (TPSA) is 81.4 Å². The number of ether oxygens (including phenoxy) is 1. The minimum atomic E-state index is -0.506. The normalized spacial score (nSPS) is 14.6. The molecule has 5 heteroatoms. The number of nitrogens with two attached hydrogens (primary N) is 1. The van der Waals surface area contributed by atoms with Gasteiger partial charge in [0.25, 0.3) is 0 Å². The van der Waals surface area contributed by atoms with E-state index >= 15 is 0 Å². The number of ketones is 1. The highest BCUT2D eigenvalue weighted by Gasteiger charge is 2.22. The summed E-state index contributed by atoms with van der Waals surface area (Å²) in [6.45, 7) is 10.6. The van der Waals surface area contributed by atoms with Crippen LogP contribution in [0.4, 0.5) is 0 Å². The van der Waals surface area contributed by atoms with Gasteiger partial charge in [-0.05, 0) is 40.5 Å². The van der Waals surface area contributed by atoms with Gasteiger partial charge in [-0.25, -0.2) is 0 Å². The molecule has 5 nitrogen and oxygen atoms in total. The van der Waals surface area contributed by atoms with Crippen molar-refractivity contribution in [2.45, 2.75) is 77.9 Å². The van der Waals surface area contributed by atoms with Crippen LogP contribution in [0.15, 0.2) is 0 Å². The molecule has 0 aromatic rings. The van der Waals surface area contributed by atoms with Gasteiger partial charge in [0.1, 0.15) is 5.78 Å². The molecule has 0 aromatic heterocycles. The zero-order chi connectivity index (χ0) is 16.5. The third-order valence-electron chi connectivity index (χ3n) is 3.41. The van der Waals surface area contributed by atoms with Crippen LogP contribution in [0.5, 0.6) is 0 Å². The Bertz CT molecular complexity index is 338. The summed E-state index contributed by atoms with van der Waals surface area (Å²) >= 11 is 0. The van der Waals surface area contributed by atoms with Crippen molar-refractivity contribution in [2.75, 3.05) is 13.2 Å². The molecular formula is C16H32N2O3. The number of carbonyl (C=O) groups excluding carboxylic acids is 2. The third-order valence-corrected chi connectivity index (χ3v) is 3.41. The second-order valence-corrected chi connectivity index (χ2v) is 6.74. The molecule has 1 atom stereocenters. The number of hydrogen-bond acceptors (Lipinski definition) is 4. The summed E-state index contributed by atoms with van der Waals surface area (Å²) in [5, 5.41) is 2.78. The second-order valence-electron chi connectivity index (χ2n) is 6.74. The first-order valence-corrected chi connectivity index (χ1v) is 7.77. The van der Waals surface area contributed by atoms with Gasteiger partial charge in [0.2, 0.25) is 5.91 Å². The summed E-state index contributed by atoms with van der Waals surface area (Å²) < 4.78 is 5.85. The zero-order valence-electron chi connectivity index (χ0n) is 14.3. The number of Topliss-reactive ketones (excluding diaryl/α,β-unsaturated/α-hetero) is 1. The van der Waals surface area contributed by atoms with Crippen LogP contribution in [-0.2, 0) is 14.3 Å². The van der Waals surface area contributed by atoms with Crippen LogP contribution in [-0.4, -0.2) is 36.0 Å². The molecule has 0 aliphatic rings. The van der Waals surface area contributed by atoms with Gasteiger partial charge in [-0.2, -0.15) is 0 Å². The van der Waals surface area contributed by atoms with Gasteiger partial charge in [-0.1, -0.05) is 13.3 Å². The van der Waals surface area contributed by atoms with Crippen LogP contribution in [0.3, 0.4) is 0 Å². The monoisotopic (exact) mass is 300 g/mol. The fourth-order valence-electron chi connectivity index (χ4n) is 2.00. The van der Waals surface area contributed by atoms with E-state index in [9.17, 15) is 9.59 Å². The summed E-state index contributed by atoms with van der Waals surface area (Å²) in [7, 11) is 0. The van der Waals surface area contributed by atoms with Crippen molar-refractivity contribution in [2.24, 2.45) is 5.73 Å². The van der Waals surface area contributed by atoms with E-state index in [1.54, 1.807) is 0 Å². The highest BCUT2D eigenvalue weighted by Crippen LogP contribution is 2.18. The number of hydrogen-bond donors (Lipinski definition) is 2. The standard InChI is InChI=1S/C16H32N2O3/c1-6-9-15(3,4)21-11-10-16(5,17)12-18-14(20)8-7-13(2)19/h6-12,17H2,1-5H3,(H,18,20).